The molecule has 0 saturated heterocycles. The predicted octanol–water partition coefficient (Wildman–Crippen LogP) is 3.46. The molecule has 4 nitrogen and oxygen atoms in total. The molecular weight excluding hydrogens is 311 g/mol. The van der Waals surface area contributed by atoms with Gasteiger partial charge in [-0.3, -0.25) is 10.5 Å². The van der Waals surface area contributed by atoms with Crippen molar-refractivity contribution >= 4 is 33.0 Å². The van der Waals surface area contributed by atoms with Crippen LogP contribution < -0.4 is 11.3 Å². The molecule has 0 amide bonds. The van der Waals surface area contributed by atoms with E-state index in [-0.39, 0.29) is 11.9 Å². The minimum atomic E-state index is -0.277. The highest BCUT2D eigenvalue weighted by atomic mass is 35.5. The summed E-state index contributed by atoms with van der Waals surface area (Å²) in [5, 5.41) is 5.77. The van der Waals surface area contributed by atoms with Gasteiger partial charge in [-0.05, 0) is 30.5 Å². The first-order valence-electron chi connectivity index (χ1n) is 6.50. The van der Waals surface area contributed by atoms with E-state index in [0.717, 1.165) is 20.7 Å². The van der Waals surface area contributed by atoms with E-state index >= 15 is 0 Å². The number of hydrogen-bond donors (Lipinski definition) is 2. The van der Waals surface area contributed by atoms with Gasteiger partial charge in [-0.25, -0.2) is 9.82 Å². The van der Waals surface area contributed by atoms with Crippen molar-refractivity contribution in [1.29, 1.82) is 0 Å². The van der Waals surface area contributed by atoms with Crippen LogP contribution in [0.1, 0.15) is 23.5 Å². The van der Waals surface area contributed by atoms with Gasteiger partial charge in [-0.2, -0.15) is 5.10 Å². The molecule has 3 rings (SSSR count). The van der Waals surface area contributed by atoms with Crippen LogP contribution in [0.15, 0.2) is 30.5 Å². The van der Waals surface area contributed by atoms with Gasteiger partial charge in [0.15, 0.2) is 0 Å². The van der Waals surface area contributed by atoms with Gasteiger partial charge in [0.1, 0.15) is 5.82 Å². The van der Waals surface area contributed by atoms with Crippen LogP contribution in [0.2, 0.25) is 5.02 Å². The van der Waals surface area contributed by atoms with E-state index in [2.05, 4.69) is 10.5 Å². The molecule has 1 atom stereocenters. The number of aryl methyl sites for hydroxylation is 1. The highest BCUT2D eigenvalue weighted by molar-refractivity contribution is 7.19. The van der Waals surface area contributed by atoms with Gasteiger partial charge in [-0.1, -0.05) is 17.7 Å². The van der Waals surface area contributed by atoms with E-state index in [1.165, 1.54) is 23.5 Å². The Bertz CT molecular complexity index is 782. The lowest BCUT2D eigenvalue weighted by atomic mass is 10.1. The normalized spacial score (nSPS) is 13.0. The number of nitrogens with one attached hydrogen (secondary N) is 1. The number of thiophene rings is 1. The second kappa shape index (κ2) is 5.73. The maximum Gasteiger partial charge on any atom is 0.124 e. The second-order valence-corrected chi connectivity index (χ2v) is 6.15. The molecule has 110 valence electrons. The lowest BCUT2D eigenvalue weighted by Crippen LogP contribution is -2.30. The third kappa shape index (κ3) is 2.55. The van der Waals surface area contributed by atoms with Crippen LogP contribution in [0.5, 0.6) is 0 Å². The monoisotopic (exact) mass is 324 g/mol. The Kier molecular flexibility index (Phi) is 3.95. The fourth-order valence-corrected chi connectivity index (χ4v) is 3.78. The molecule has 1 unspecified atom stereocenters. The zero-order chi connectivity index (χ0) is 15.0. The number of nitrogens with zero attached hydrogens (tertiary/aromatic N) is 2. The molecule has 0 spiro atoms. The average Bonchev–Trinajstić information content (AvgIpc) is 3.04. The topological polar surface area (TPSA) is 55.9 Å². The molecule has 0 aliphatic rings. The highest BCUT2D eigenvalue weighted by Gasteiger charge is 2.22. The van der Waals surface area contributed by atoms with Crippen LogP contribution in [0.25, 0.3) is 10.1 Å². The predicted molar refractivity (Wildman–Crippen MR) is 83.9 cm³/mol. The Hall–Kier alpha value is -1.47. The number of halogens is 2. The summed E-state index contributed by atoms with van der Waals surface area (Å²) in [6, 6.07) is 6.45. The summed E-state index contributed by atoms with van der Waals surface area (Å²) < 4.78 is 16.0. The smallest absolute Gasteiger partial charge is 0.124 e. The lowest BCUT2D eigenvalue weighted by molar-refractivity contribution is 0.548. The number of hydrogen-bond acceptors (Lipinski definition) is 4. The number of aromatic nitrogens is 2. The standard InChI is InChI=1S/C14H14ClFN4S/c1-2-20-14(10(15)7-18-20)13(19-17)12-5-8-3-4-9(16)6-11(8)21-12/h3-7,13,19H,2,17H2,1H3. The van der Waals surface area contributed by atoms with Gasteiger partial charge in [-0.15, -0.1) is 11.3 Å². The van der Waals surface area contributed by atoms with Crippen LogP contribution in [-0.4, -0.2) is 9.78 Å². The molecule has 0 saturated carbocycles. The minimum Gasteiger partial charge on any atom is -0.270 e. The zero-order valence-electron chi connectivity index (χ0n) is 11.3. The van der Waals surface area contributed by atoms with Gasteiger partial charge in [0.2, 0.25) is 0 Å². The van der Waals surface area contributed by atoms with Crippen LogP contribution in [-0.2, 0) is 6.54 Å². The fourth-order valence-electron chi connectivity index (χ4n) is 2.37. The number of rotatable bonds is 4. The number of nitrogens with two attached hydrogens (primary N) is 1. The van der Waals surface area contributed by atoms with Crippen LogP contribution >= 0.6 is 22.9 Å². The van der Waals surface area contributed by atoms with Crippen molar-refractivity contribution < 1.29 is 4.39 Å². The summed E-state index contributed by atoms with van der Waals surface area (Å²) in [5.41, 5.74) is 3.60. The first-order valence-corrected chi connectivity index (χ1v) is 7.69. The zero-order valence-corrected chi connectivity index (χ0v) is 12.9. The van der Waals surface area contributed by atoms with E-state index < -0.39 is 0 Å². The first kappa shape index (κ1) is 14.5. The molecule has 3 aromatic rings. The van der Waals surface area contributed by atoms with Crippen molar-refractivity contribution in [1.82, 2.24) is 15.2 Å². The third-order valence-corrected chi connectivity index (χ3v) is 4.81. The largest absolute Gasteiger partial charge is 0.270 e. The summed E-state index contributed by atoms with van der Waals surface area (Å²) in [6.07, 6.45) is 1.61. The van der Waals surface area contributed by atoms with Crippen molar-refractivity contribution in [2.45, 2.75) is 19.5 Å². The van der Waals surface area contributed by atoms with Gasteiger partial charge in [0.05, 0.1) is 23.0 Å². The Labute approximate surface area is 130 Å². The second-order valence-electron chi connectivity index (χ2n) is 4.62. The lowest BCUT2D eigenvalue weighted by Gasteiger charge is -2.16. The Balaban J connectivity index is 2.11. The van der Waals surface area contributed by atoms with Crippen molar-refractivity contribution in [3.8, 4) is 0 Å². The summed E-state index contributed by atoms with van der Waals surface area (Å²) in [6.45, 7) is 2.68. The van der Waals surface area contributed by atoms with Gasteiger partial charge < -0.3 is 0 Å². The maximum absolute atomic E-state index is 13.3. The van der Waals surface area contributed by atoms with Crippen molar-refractivity contribution in [3.63, 3.8) is 0 Å². The van der Waals surface area contributed by atoms with E-state index in [1.54, 1.807) is 16.9 Å². The molecular formula is C14H14ClFN4S. The molecule has 7 heteroatoms. The summed E-state index contributed by atoms with van der Waals surface area (Å²) in [4.78, 5) is 0.968. The molecule has 0 radical (unpaired) electrons. The fraction of sp³-hybridized carbons (Fsp3) is 0.214. The maximum atomic E-state index is 13.3. The summed E-state index contributed by atoms with van der Waals surface area (Å²) >= 11 is 7.72. The quantitative estimate of drug-likeness (QED) is 0.571. The SMILES string of the molecule is CCn1ncc(Cl)c1C(NN)c1cc2ccc(F)cc2s1. The van der Waals surface area contributed by atoms with Gasteiger partial charge >= 0.3 is 0 Å². The Morgan fingerprint density at radius 3 is 3.00 bits per heavy atom. The van der Waals surface area contributed by atoms with Crippen LogP contribution in [0, 0.1) is 5.82 Å². The summed E-state index contributed by atoms with van der Waals surface area (Å²) in [7, 11) is 0. The van der Waals surface area contributed by atoms with E-state index in [0.29, 0.717) is 11.6 Å². The van der Waals surface area contributed by atoms with Crippen LogP contribution in [0.4, 0.5) is 4.39 Å². The van der Waals surface area contributed by atoms with Crippen molar-refractivity contribution in [2.75, 3.05) is 0 Å². The Morgan fingerprint density at radius 1 is 1.48 bits per heavy atom. The number of benzene rings is 1. The van der Waals surface area contributed by atoms with Crippen molar-refractivity contribution in [2.24, 2.45) is 5.84 Å². The number of hydrazine groups is 1. The molecule has 2 aromatic heterocycles. The molecule has 2 heterocycles. The third-order valence-electron chi connectivity index (χ3n) is 3.36. The van der Waals surface area contributed by atoms with E-state index in [1.807, 2.05) is 13.0 Å². The molecule has 0 fully saturated rings. The molecule has 0 aliphatic carbocycles. The molecule has 0 bridgehead atoms. The van der Waals surface area contributed by atoms with Crippen LogP contribution in [0.3, 0.4) is 0 Å². The van der Waals surface area contributed by atoms with E-state index in [4.69, 9.17) is 17.4 Å². The van der Waals surface area contributed by atoms with E-state index in [9.17, 15) is 4.39 Å². The molecule has 3 N–H and O–H groups in total. The summed E-state index contributed by atoms with van der Waals surface area (Å²) in [5.74, 6) is 5.48. The highest BCUT2D eigenvalue weighted by Crippen LogP contribution is 2.35. The molecule has 21 heavy (non-hydrogen) atoms. The van der Waals surface area contributed by atoms with Gasteiger partial charge in [0.25, 0.3) is 0 Å². The molecule has 0 aliphatic heterocycles. The molecule has 1 aromatic carbocycles. The van der Waals surface area contributed by atoms with Crippen molar-refractivity contribution in [3.05, 3.63) is 51.9 Å². The van der Waals surface area contributed by atoms with Gasteiger partial charge in [0, 0.05) is 16.1 Å². The number of fused-ring (bicyclic) bond motifs is 1. The first-order chi connectivity index (χ1) is 10.1. The Morgan fingerprint density at radius 2 is 2.29 bits per heavy atom. The minimum absolute atomic E-state index is 0.246. The average molecular weight is 325 g/mol.